The van der Waals surface area contributed by atoms with E-state index in [4.69, 9.17) is 13.0 Å². The van der Waals surface area contributed by atoms with Crippen LogP contribution in [0.5, 0.6) is 0 Å². The summed E-state index contributed by atoms with van der Waals surface area (Å²) in [5.74, 6) is 0. The van der Waals surface area contributed by atoms with Crippen LogP contribution in [-0.2, 0) is 13.0 Å². The van der Waals surface area contributed by atoms with E-state index >= 15 is 0 Å². The van der Waals surface area contributed by atoms with Crippen molar-refractivity contribution in [3.63, 3.8) is 0 Å². The van der Waals surface area contributed by atoms with E-state index in [0.717, 1.165) is 12.1 Å². The molecule has 0 aromatic carbocycles. The molecular formula is C8H22O3Si2. The van der Waals surface area contributed by atoms with Gasteiger partial charge in [-0.2, -0.15) is 0 Å². The lowest BCUT2D eigenvalue weighted by Gasteiger charge is -2.28. The lowest BCUT2D eigenvalue weighted by Crippen LogP contribution is -2.46. The van der Waals surface area contributed by atoms with Gasteiger partial charge in [0, 0.05) is 19.3 Å². The molecule has 0 aliphatic rings. The van der Waals surface area contributed by atoms with Gasteiger partial charge in [-0.3, -0.25) is 0 Å². The quantitative estimate of drug-likeness (QED) is 0.583. The molecule has 0 spiro atoms. The first-order valence-electron chi connectivity index (χ1n) is 5.16. The highest BCUT2D eigenvalue weighted by molar-refractivity contribution is 6.65. The molecule has 0 aromatic heterocycles. The summed E-state index contributed by atoms with van der Waals surface area (Å²) in [6.45, 7) is 9.61. The average Bonchev–Trinajstić information content (AvgIpc) is 2.15. The summed E-state index contributed by atoms with van der Waals surface area (Å²) in [5.41, 5.74) is 0. The van der Waals surface area contributed by atoms with E-state index < -0.39 is 18.6 Å². The molecule has 80 valence electrons. The van der Waals surface area contributed by atoms with Crippen LogP contribution in [0.3, 0.4) is 0 Å². The van der Waals surface area contributed by atoms with Crippen LogP contribution < -0.4 is 0 Å². The van der Waals surface area contributed by atoms with Crippen molar-refractivity contribution >= 4 is 18.6 Å². The number of rotatable bonds is 8. The maximum atomic E-state index is 5.84. The number of hydrogen-bond acceptors (Lipinski definition) is 3. The van der Waals surface area contributed by atoms with Crippen molar-refractivity contribution < 1.29 is 13.0 Å². The van der Waals surface area contributed by atoms with E-state index in [2.05, 4.69) is 13.8 Å². The molecule has 3 nitrogen and oxygen atoms in total. The third kappa shape index (κ3) is 4.92. The van der Waals surface area contributed by atoms with Gasteiger partial charge in [-0.25, -0.2) is 0 Å². The summed E-state index contributed by atoms with van der Waals surface area (Å²) in [7, 11) is -2.65. The zero-order chi connectivity index (χ0) is 10.2. The van der Waals surface area contributed by atoms with Gasteiger partial charge >= 0.3 is 8.80 Å². The van der Waals surface area contributed by atoms with Gasteiger partial charge in [0.25, 0.3) is 0 Å². The van der Waals surface area contributed by atoms with Crippen LogP contribution in [0, 0.1) is 0 Å². The van der Waals surface area contributed by atoms with Crippen molar-refractivity contribution in [1.29, 1.82) is 0 Å². The van der Waals surface area contributed by atoms with Gasteiger partial charge < -0.3 is 13.0 Å². The Morgan fingerprint density at radius 3 is 1.85 bits per heavy atom. The Kier molecular flexibility index (Phi) is 7.88. The summed E-state index contributed by atoms with van der Waals surface area (Å²) in [4.78, 5) is 0. The predicted octanol–water partition coefficient (Wildman–Crippen LogP) is 1.56. The minimum Gasteiger partial charge on any atom is -0.421 e. The number of hydrogen-bond donors (Lipinski definition) is 0. The summed E-state index contributed by atoms with van der Waals surface area (Å²) in [6, 6.07) is 2.04. The summed E-state index contributed by atoms with van der Waals surface area (Å²) >= 11 is 0. The molecule has 0 saturated carbocycles. The van der Waals surface area contributed by atoms with E-state index in [0.29, 0.717) is 13.2 Å². The van der Waals surface area contributed by atoms with Crippen LogP contribution in [0.2, 0.25) is 12.1 Å². The molecule has 0 atom stereocenters. The third-order valence-corrected chi connectivity index (χ3v) is 6.99. The van der Waals surface area contributed by atoms with Crippen molar-refractivity contribution in [3.05, 3.63) is 0 Å². The summed E-state index contributed by atoms with van der Waals surface area (Å²) < 4.78 is 17.1. The zero-order valence-corrected chi connectivity index (χ0v) is 11.7. The fourth-order valence-electron chi connectivity index (χ4n) is 1.13. The van der Waals surface area contributed by atoms with Gasteiger partial charge in [0.2, 0.25) is 0 Å². The Morgan fingerprint density at radius 2 is 1.54 bits per heavy atom. The van der Waals surface area contributed by atoms with Crippen LogP contribution in [-0.4, -0.2) is 31.8 Å². The molecule has 0 rings (SSSR count). The Balaban J connectivity index is 4.07. The molecule has 0 aromatic rings. The van der Waals surface area contributed by atoms with Gasteiger partial charge in [-0.05, 0) is 19.9 Å². The topological polar surface area (TPSA) is 27.7 Å². The molecular weight excluding hydrogens is 200 g/mol. The van der Waals surface area contributed by atoms with E-state index in [9.17, 15) is 0 Å². The molecule has 0 unspecified atom stereocenters. The lowest BCUT2D eigenvalue weighted by molar-refractivity contribution is 0.120. The molecule has 0 saturated heterocycles. The highest BCUT2D eigenvalue weighted by atomic mass is 28.4. The van der Waals surface area contributed by atoms with Crippen LogP contribution in [0.1, 0.15) is 27.7 Å². The molecule has 0 aliphatic heterocycles. The fraction of sp³-hybridized carbons (Fsp3) is 1.00. The SMILES string of the molecule is CCO[Si](CC)(OCC)O[SiH2]CC. The van der Waals surface area contributed by atoms with Crippen LogP contribution in [0.4, 0.5) is 0 Å². The Bertz CT molecular complexity index is 116. The maximum Gasteiger partial charge on any atom is 0.489 e. The van der Waals surface area contributed by atoms with E-state index in [1.54, 1.807) is 0 Å². The van der Waals surface area contributed by atoms with Crippen LogP contribution in [0.25, 0.3) is 0 Å². The summed E-state index contributed by atoms with van der Waals surface area (Å²) in [6.07, 6.45) is 0. The second-order valence-corrected chi connectivity index (χ2v) is 7.96. The van der Waals surface area contributed by atoms with Crippen molar-refractivity contribution in [2.45, 2.75) is 39.8 Å². The van der Waals surface area contributed by atoms with Gasteiger partial charge in [0.1, 0.15) is 0 Å². The molecule has 0 heterocycles. The van der Waals surface area contributed by atoms with Gasteiger partial charge in [0.15, 0.2) is 9.76 Å². The smallest absolute Gasteiger partial charge is 0.421 e. The normalized spacial score (nSPS) is 12.9. The zero-order valence-electron chi connectivity index (χ0n) is 9.26. The molecule has 0 bridgehead atoms. The largest absolute Gasteiger partial charge is 0.489 e. The first kappa shape index (κ1) is 13.3. The molecule has 0 aliphatic carbocycles. The third-order valence-electron chi connectivity index (χ3n) is 1.69. The molecule has 0 amide bonds. The monoisotopic (exact) mass is 222 g/mol. The molecule has 0 N–H and O–H groups in total. The standard InChI is InChI=1S/C8H22O3Si2/c1-5-9-13(8-4,10-6-2)11-12-7-3/h5-8,12H2,1-4H3. The van der Waals surface area contributed by atoms with Gasteiger partial charge in [0.05, 0.1) is 0 Å². The van der Waals surface area contributed by atoms with Gasteiger partial charge in [-0.1, -0.05) is 13.8 Å². The van der Waals surface area contributed by atoms with Crippen molar-refractivity contribution in [2.75, 3.05) is 13.2 Å². The van der Waals surface area contributed by atoms with Gasteiger partial charge in [-0.15, -0.1) is 0 Å². The van der Waals surface area contributed by atoms with Crippen molar-refractivity contribution in [2.24, 2.45) is 0 Å². The van der Waals surface area contributed by atoms with Crippen LogP contribution >= 0.6 is 0 Å². The minimum absolute atomic E-state index is 0.422. The predicted molar refractivity (Wildman–Crippen MR) is 59.6 cm³/mol. The Labute approximate surface area is 85.1 Å². The molecule has 5 heteroatoms. The van der Waals surface area contributed by atoms with Crippen molar-refractivity contribution in [3.8, 4) is 0 Å². The first-order valence-corrected chi connectivity index (χ1v) is 8.67. The maximum absolute atomic E-state index is 5.84. The lowest BCUT2D eigenvalue weighted by atomic mass is 10.9. The first-order chi connectivity index (χ1) is 6.24. The van der Waals surface area contributed by atoms with E-state index in [1.807, 2.05) is 13.8 Å². The van der Waals surface area contributed by atoms with Crippen molar-refractivity contribution in [1.82, 2.24) is 0 Å². The highest BCUT2D eigenvalue weighted by Gasteiger charge is 2.37. The second kappa shape index (κ2) is 7.69. The molecule has 13 heavy (non-hydrogen) atoms. The second-order valence-electron chi connectivity index (χ2n) is 2.75. The highest BCUT2D eigenvalue weighted by Crippen LogP contribution is 2.14. The van der Waals surface area contributed by atoms with E-state index in [-0.39, 0.29) is 0 Å². The fourth-order valence-corrected chi connectivity index (χ4v) is 6.04. The Hall–Kier alpha value is 0.314. The average molecular weight is 222 g/mol. The summed E-state index contributed by atoms with van der Waals surface area (Å²) in [5, 5.41) is 0. The molecule has 0 radical (unpaired) electrons. The van der Waals surface area contributed by atoms with Crippen LogP contribution in [0.15, 0.2) is 0 Å². The minimum atomic E-state index is -2.23. The Morgan fingerprint density at radius 1 is 1.00 bits per heavy atom. The molecule has 0 fully saturated rings. The van der Waals surface area contributed by atoms with E-state index in [1.165, 1.54) is 0 Å².